The molecule has 0 aliphatic carbocycles. The van der Waals surface area contributed by atoms with E-state index in [9.17, 15) is 5.11 Å². The second-order valence-electron chi connectivity index (χ2n) is 8.83. The summed E-state index contributed by atoms with van der Waals surface area (Å²) >= 11 is 0. The van der Waals surface area contributed by atoms with E-state index in [4.69, 9.17) is 0 Å². The Bertz CT molecular complexity index is 746. The van der Waals surface area contributed by atoms with E-state index in [1.807, 2.05) is 24.4 Å². The summed E-state index contributed by atoms with van der Waals surface area (Å²) in [5.74, 6) is 0.338. The molecule has 1 atom stereocenters. The number of benzene rings is 2. The molecule has 2 rings (SSSR count). The van der Waals surface area contributed by atoms with E-state index in [1.54, 1.807) is 0 Å². The van der Waals surface area contributed by atoms with Crippen molar-refractivity contribution in [1.29, 1.82) is 0 Å². The van der Waals surface area contributed by atoms with E-state index in [1.165, 1.54) is 11.1 Å². The third-order valence-electron chi connectivity index (χ3n) is 4.53. The van der Waals surface area contributed by atoms with Crippen molar-refractivity contribution in [3.63, 3.8) is 0 Å². The van der Waals surface area contributed by atoms with E-state index in [0.29, 0.717) is 5.75 Å². The zero-order valence-corrected chi connectivity index (χ0v) is 16.6. The van der Waals surface area contributed by atoms with E-state index >= 15 is 0 Å². The lowest BCUT2D eigenvalue weighted by Crippen LogP contribution is -2.17. The predicted molar refractivity (Wildman–Crippen MR) is 108 cm³/mol. The van der Waals surface area contributed by atoms with Gasteiger partial charge in [-0.1, -0.05) is 77.9 Å². The van der Waals surface area contributed by atoms with Crippen LogP contribution >= 0.6 is 0 Å². The lowest BCUT2D eigenvalue weighted by atomic mass is 9.79. The highest BCUT2D eigenvalue weighted by Gasteiger charge is 2.24. The SMILES string of the molecule is C[C@@H](N=Cc1cc(C(C)(C)C)cc(C(C)(C)C)c1O)c1ccccc1. The van der Waals surface area contributed by atoms with Gasteiger partial charge in [-0.15, -0.1) is 0 Å². The number of phenolic OH excluding ortho intramolecular Hbond substituents is 1. The van der Waals surface area contributed by atoms with Crippen LogP contribution in [0.5, 0.6) is 5.75 Å². The average molecular weight is 338 g/mol. The van der Waals surface area contributed by atoms with Gasteiger partial charge in [0.2, 0.25) is 0 Å². The Morgan fingerprint density at radius 3 is 2.04 bits per heavy atom. The molecule has 0 unspecified atom stereocenters. The first kappa shape index (κ1) is 19.2. The van der Waals surface area contributed by atoms with Crippen molar-refractivity contribution >= 4 is 6.21 Å². The molecule has 0 saturated heterocycles. The maximum absolute atomic E-state index is 10.8. The summed E-state index contributed by atoms with van der Waals surface area (Å²) in [6.45, 7) is 15.0. The summed E-state index contributed by atoms with van der Waals surface area (Å²) < 4.78 is 0. The summed E-state index contributed by atoms with van der Waals surface area (Å²) in [5.41, 5.74) is 4.03. The maximum atomic E-state index is 10.8. The Morgan fingerprint density at radius 2 is 1.52 bits per heavy atom. The van der Waals surface area contributed by atoms with Crippen LogP contribution in [0.25, 0.3) is 0 Å². The molecule has 134 valence electrons. The minimum atomic E-state index is -0.126. The Labute approximate surface area is 152 Å². The van der Waals surface area contributed by atoms with Crippen LogP contribution in [0, 0.1) is 0 Å². The van der Waals surface area contributed by atoms with E-state index in [0.717, 1.165) is 11.1 Å². The molecule has 0 radical (unpaired) electrons. The first-order chi connectivity index (χ1) is 11.5. The molecular weight excluding hydrogens is 306 g/mol. The topological polar surface area (TPSA) is 32.6 Å². The van der Waals surface area contributed by atoms with Crippen LogP contribution in [-0.2, 0) is 10.8 Å². The third kappa shape index (κ3) is 4.72. The molecule has 0 spiro atoms. The lowest BCUT2D eigenvalue weighted by Gasteiger charge is -2.27. The van der Waals surface area contributed by atoms with Crippen LogP contribution in [0.15, 0.2) is 47.5 Å². The number of phenols is 1. The van der Waals surface area contributed by atoms with Crippen LogP contribution in [0.2, 0.25) is 0 Å². The fourth-order valence-electron chi connectivity index (χ4n) is 2.77. The van der Waals surface area contributed by atoms with E-state index in [-0.39, 0.29) is 16.9 Å². The van der Waals surface area contributed by atoms with Gasteiger partial charge in [0.15, 0.2) is 0 Å². The highest BCUT2D eigenvalue weighted by molar-refractivity contribution is 5.85. The normalized spacial score (nSPS) is 14.0. The van der Waals surface area contributed by atoms with Gasteiger partial charge in [-0.2, -0.15) is 0 Å². The molecule has 0 aromatic heterocycles. The highest BCUT2D eigenvalue weighted by Crippen LogP contribution is 2.37. The highest BCUT2D eigenvalue weighted by atomic mass is 16.3. The van der Waals surface area contributed by atoms with Crippen molar-refractivity contribution < 1.29 is 5.11 Å². The minimum Gasteiger partial charge on any atom is -0.507 e. The fraction of sp³-hybridized carbons (Fsp3) is 0.435. The van der Waals surface area contributed by atoms with Gasteiger partial charge in [0, 0.05) is 17.3 Å². The van der Waals surface area contributed by atoms with Crippen LogP contribution in [0.3, 0.4) is 0 Å². The van der Waals surface area contributed by atoms with Gasteiger partial charge >= 0.3 is 0 Å². The van der Waals surface area contributed by atoms with Gasteiger partial charge in [-0.3, -0.25) is 4.99 Å². The Hall–Kier alpha value is -2.09. The van der Waals surface area contributed by atoms with Crippen molar-refractivity contribution in [2.45, 2.75) is 65.3 Å². The molecular formula is C23H31NO. The Morgan fingerprint density at radius 1 is 0.920 bits per heavy atom. The molecule has 0 amide bonds. The number of nitrogens with zero attached hydrogens (tertiary/aromatic N) is 1. The zero-order valence-electron chi connectivity index (χ0n) is 16.6. The fourth-order valence-corrected chi connectivity index (χ4v) is 2.77. The number of hydrogen-bond acceptors (Lipinski definition) is 2. The molecule has 2 heteroatoms. The second kappa shape index (κ2) is 7.03. The average Bonchev–Trinajstić information content (AvgIpc) is 2.52. The summed E-state index contributed by atoms with van der Waals surface area (Å²) in [4.78, 5) is 4.69. The summed E-state index contributed by atoms with van der Waals surface area (Å²) in [7, 11) is 0. The smallest absolute Gasteiger partial charge is 0.128 e. The number of aliphatic imine (C=N–C) groups is 1. The zero-order chi connectivity index (χ0) is 18.8. The standard InChI is InChI=1S/C23H31NO/c1-16(17-11-9-8-10-12-17)24-15-18-13-19(22(2,3)4)14-20(21(18)25)23(5,6)7/h8-16,25H,1-7H3/t16-/m1/s1. The quantitative estimate of drug-likeness (QED) is 0.668. The molecule has 0 heterocycles. The van der Waals surface area contributed by atoms with Gasteiger partial charge in [0.1, 0.15) is 5.75 Å². The number of hydrogen-bond donors (Lipinski definition) is 1. The van der Waals surface area contributed by atoms with Crippen LogP contribution < -0.4 is 0 Å². The molecule has 2 aromatic rings. The maximum Gasteiger partial charge on any atom is 0.128 e. The van der Waals surface area contributed by atoms with Gasteiger partial charge in [-0.05, 0) is 34.9 Å². The van der Waals surface area contributed by atoms with Crippen molar-refractivity contribution in [3.05, 3.63) is 64.7 Å². The van der Waals surface area contributed by atoms with Gasteiger partial charge in [-0.25, -0.2) is 0 Å². The Balaban J connectivity index is 2.48. The molecule has 25 heavy (non-hydrogen) atoms. The Kier molecular flexibility index (Phi) is 5.41. The van der Waals surface area contributed by atoms with Crippen LogP contribution in [0.1, 0.15) is 76.8 Å². The molecule has 2 nitrogen and oxygen atoms in total. The van der Waals surface area contributed by atoms with Crippen LogP contribution in [0.4, 0.5) is 0 Å². The molecule has 0 aliphatic rings. The molecule has 2 aromatic carbocycles. The largest absolute Gasteiger partial charge is 0.507 e. The van der Waals surface area contributed by atoms with Crippen molar-refractivity contribution in [2.75, 3.05) is 0 Å². The van der Waals surface area contributed by atoms with E-state index < -0.39 is 0 Å². The first-order valence-electron chi connectivity index (χ1n) is 8.96. The molecule has 0 aliphatic heterocycles. The monoisotopic (exact) mass is 337 g/mol. The lowest BCUT2D eigenvalue weighted by molar-refractivity contribution is 0.444. The number of aromatic hydroxyl groups is 1. The molecule has 0 fully saturated rings. The van der Waals surface area contributed by atoms with Gasteiger partial charge in [0.25, 0.3) is 0 Å². The summed E-state index contributed by atoms with van der Waals surface area (Å²) in [6.07, 6.45) is 1.82. The predicted octanol–water partition coefficient (Wildman–Crippen LogP) is 6.17. The molecule has 0 bridgehead atoms. The molecule has 0 saturated carbocycles. The van der Waals surface area contributed by atoms with Gasteiger partial charge in [0.05, 0.1) is 6.04 Å². The van der Waals surface area contributed by atoms with Gasteiger partial charge < -0.3 is 5.11 Å². The van der Waals surface area contributed by atoms with E-state index in [2.05, 4.69) is 77.7 Å². The minimum absolute atomic E-state index is 0.0152. The molecule has 1 N–H and O–H groups in total. The summed E-state index contributed by atoms with van der Waals surface area (Å²) in [6, 6.07) is 14.5. The second-order valence-corrected chi connectivity index (χ2v) is 8.83. The van der Waals surface area contributed by atoms with Crippen molar-refractivity contribution in [1.82, 2.24) is 0 Å². The van der Waals surface area contributed by atoms with Crippen molar-refractivity contribution in [3.8, 4) is 5.75 Å². The van der Waals surface area contributed by atoms with Crippen LogP contribution in [-0.4, -0.2) is 11.3 Å². The number of rotatable bonds is 3. The third-order valence-corrected chi connectivity index (χ3v) is 4.53. The van der Waals surface area contributed by atoms with Crippen molar-refractivity contribution in [2.24, 2.45) is 4.99 Å². The summed E-state index contributed by atoms with van der Waals surface area (Å²) in [5, 5.41) is 10.8. The first-order valence-corrected chi connectivity index (χ1v) is 8.96.